The van der Waals surface area contributed by atoms with Gasteiger partial charge in [0.25, 0.3) is 0 Å². The second kappa shape index (κ2) is 3.89. The highest BCUT2D eigenvalue weighted by molar-refractivity contribution is 5.69. The van der Waals surface area contributed by atoms with E-state index in [0.29, 0.717) is 5.56 Å². The van der Waals surface area contributed by atoms with Crippen molar-refractivity contribution in [1.82, 2.24) is 0 Å². The Morgan fingerprint density at radius 1 is 1.50 bits per heavy atom. The molecule has 0 saturated heterocycles. The molecule has 2 rings (SSSR count). The summed E-state index contributed by atoms with van der Waals surface area (Å²) < 4.78 is 13.5. The normalized spacial score (nSPS) is 17.9. The van der Waals surface area contributed by atoms with E-state index in [0.717, 1.165) is 24.8 Å². The molecular formula is C13H15FO2. The van der Waals surface area contributed by atoms with Crippen LogP contribution < -0.4 is 0 Å². The lowest BCUT2D eigenvalue weighted by Crippen LogP contribution is -2.36. The zero-order chi connectivity index (χ0) is 11.8. The average molecular weight is 222 g/mol. The van der Waals surface area contributed by atoms with Gasteiger partial charge in [0.05, 0.1) is 6.42 Å². The van der Waals surface area contributed by atoms with Gasteiger partial charge >= 0.3 is 5.97 Å². The van der Waals surface area contributed by atoms with Crippen LogP contribution in [-0.2, 0) is 10.2 Å². The van der Waals surface area contributed by atoms with Gasteiger partial charge in [-0.25, -0.2) is 4.39 Å². The molecule has 1 fully saturated rings. The van der Waals surface area contributed by atoms with Crippen molar-refractivity contribution in [3.05, 3.63) is 35.1 Å². The zero-order valence-corrected chi connectivity index (χ0v) is 9.29. The van der Waals surface area contributed by atoms with Crippen molar-refractivity contribution in [3.8, 4) is 0 Å². The summed E-state index contributed by atoms with van der Waals surface area (Å²) in [4.78, 5) is 10.8. The van der Waals surface area contributed by atoms with Gasteiger partial charge < -0.3 is 5.11 Å². The number of rotatable bonds is 3. The molecule has 0 spiro atoms. The third-order valence-electron chi connectivity index (χ3n) is 3.58. The molecule has 1 aliphatic carbocycles. The molecule has 86 valence electrons. The van der Waals surface area contributed by atoms with Gasteiger partial charge in [-0.15, -0.1) is 0 Å². The molecule has 3 heteroatoms. The molecule has 1 aromatic carbocycles. The fraction of sp³-hybridized carbons (Fsp3) is 0.462. The summed E-state index contributed by atoms with van der Waals surface area (Å²) in [7, 11) is 0. The Morgan fingerprint density at radius 3 is 2.62 bits per heavy atom. The second-order valence-corrected chi connectivity index (χ2v) is 4.67. The number of halogens is 1. The van der Waals surface area contributed by atoms with Crippen molar-refractivity contribution in [2.45, 2.75) is 38.0 Å². The van der Waals surface area contributed by atoms with Gasteiger partial charge in [-0.2, -0.15) is 0 Å². The SMILES string of the molecule is Cc1ccc(C2(CC(=O)O)CCC2)cc1F. The van der Waals surface area contributed by atoms with Crippen molar-refractivity contribution in [3.63, 3.8) is 0 Å². The molecule has 1 saturated carbocycles. The van der Waals surface area contributed by atoms with Gasteiger partial charge in [0.15, 0.2) is 0 Å². The fourth-order valence-corrected chi connectivity index (χ4v) is 2.38. The first kappa shape index (κ1) is 11.1. The molecule has 0 unspecified atom stereocenters. The van der Waals surface area contributed by atoms with E-state index in [1.165, 1.54) is 6.07 Å². The molecule has 0 amide bonds. The molecule has 1 N–H and O–H groups in total. The quantitative estimate of drug-likeness (QED) is 0.853. The second-order valence-electron chi connectivity index (χ2n) is 4.67. The molecule has 2 nitrogen and oxygen atoms in total. The zero-order valence-electron chi connectivity index (χ0n) is 9.29. The lowest BCUT2D eigenvalue weighted by Gasteiger charge is -2.41. The van der Waals surface area contributed by atoms with Gasteiger partial charge in [0, 0.05) is 5.41 Å². The summed E-state index contributed by atoms with van der Waals surface area (Å²) in [5, 5.41) is 8.91. The topological polar surface area (TPSA) is 37.3 Å². The Bertz CT molecular complexity index is 422. The van der Waals surface area contributed by atoms with E-state index < -0.39 is 5.97 Å². The van der Waals surface area contributed by atoms with Crippen LogP contribution >= 0.6 is 0 Å². The number of carboxylic acid groups (broad SMARTS) is 1. The van der Waals surface area contributed by atoms with Crippen molar-refractivity contribution in [2.24, 2.45) is 0 Å². The van der Waals surface area contributed by atoms with Crippen LogP contribution in [0.5, 0.6) is 0 Å². The van der Waals surface area contributed by atoms with Crippen molar-refractivity contribution >= 4 is 5.97 Å². The molecule has 0 aliphatic heterocycles. The maximum Gasteiger partial charge on any atom is 0.304 e. The highest BCUT2D eigenvalue weighted by atomic mass is 19.1. The van der Waals surface area contributed by atoms with Crippen LogP contribution in [0.3, 0.4) is 0 Å². The number of carbonyl (C=O) groups is 1. The highest BCUT2D eigenvalue weighted by Crippen LogP contribution is 2.46. The molecule has 0 heterocycles. The monoisotopic (exact) mass is 222 g/mol. The summed E-state index contributed by atoms with van der Waals surface area (Å²) in [5.74, 6) is -1.05. The number of aliphatic carboxylic acids is 1. The standard InChI is InChI=1S/C13H15FO2/c1-9-3-4-10(7-11(9)14)13(5-2-6-13)8-12(15)16/h3-4,7H,2,5-6,8H2,1H3,(H,15,16). The van der Waals surface area contributed by atoms with E-state index in [1.54, 1.807) is 13.0 Å². The maximum absolute atomic E-state index is 13.5. The molecule has 1 aromatic rings. The lowest BCUT2D eigenvalue weighted by molar-refractivity contribution is -0.139. The predicted octanol–water partition coefficient (Wildman–Crippen LogP) is 3.03. The highest BCUT2D eigenvalue weighted by Gasteiger charge is 2.40. The Kier molecular flexibility index (Phi) is 2.70. The number of benzene rings is 1. The van der Waals surface area contributed by atoms with Crippen LogP contribution in [-0.4, -0.2) is 11.1 Å². The van der Waals surface area contributed by atoms with Crippen molar-refractivity contribution in [2.75, 3.05) is 0 Å². The largest absolute Gasteiger partial charge is 0.481 e. The van der Waals surface area contributed by atoms with E-state index in [1.807, 2.05) is 6.07 Å². The van der Waals surface area contributed by atoms with Crippen LogP contribution in [0, 0.1) is 12.7 Å². The lowest BCUT2D eigenvalue weighted by atomic mass is 9.62. The molecule has 0 atom stereocenters. The van der Waals surface area contributed by atoms with E-state index in [2.05, 4.69) is 0 Å². The number of hydrogen-bond donors (Lipinski definition) is 1. The van der Waals surface area contributed by atoms with E-state index >= 15 is 0 Å². The average Bonchev–Trinajstić information content (AvgIpc) is 2.16. The minimum Gasteiger partial charge on any atom is -0.481 e. The van der Waals surface area contributed by atoms with Gasteiger partial charge in [0.2, 0.25) is 0 Å². The van der Waals surface area contributed by atoms with E-state index in [4.69, 9.17) is 5.11 Å². The van der Waals surface area contributed by atoms with E-state index in [-0.39, 0.29) is 17.7 Å². The van der Waals surface area contributed by atoms with Gasteiger partial charge in [-0.1, -0.05) is 18.6 Å². The molecule has 0 bridgehead atoms. The van der Waals surface area contributed by atoms with Gasteiger partial charge in [-0.05, 0) is 37.0 Å². The summed E-state index contributed by atoms with van der Waals surface area (Å²) in [6.45, 7) is 1.71. The van der Waals surface area contributed by atoms with Gasteiger partial charge in [0.1, 0.15) is 5.82 Å². The smallest absolute Gasteiger partial charge is 0.304 e. The molecule has 0 aromatic heterocycles. The van der Waals surface area contributed by atoms with Crippen LogP contribution in [0.4, 0.5) is 4.39 Å². The van der Waals surface area contributed by atoms with Crippen LogP contribution in [0.1, 0.15) is 36.8 Å². The van der Waals surface area contributed by atoms with Crippen LogP contribution in [0.15, 0.2) is 18.2 Å². The van der Waals surface area contributed by atoms with E-state index in [9.17, 15) is 9.18 Å². The van der Waals surface area contributed by atoms with Crippen molar-refractivity contribution < 1.29 is 14.3 Å². The first-order valence-electron chi connectivity index (χ1n) is 5.52. The van der Waals surface area contributed by atoms with Crippen LogP contribution in [0.25, 0.3) is 0 Å². The van der Waals surface area contributed by atoms with Crippen molar-refractivity contribution in [1.29, 1.82) is 0 Å². The van der Waals surface area contributed by atoms with Crippen LogP contribution in [0.2, 0.25) is 0 Å². The Balaban J connectivity index is 2.33. The first-order chi connectivity index (χ1) is 7.53. The summed E-state index contributed by atoms with van der Waals surface area (Å²) >= 11 is 0. The number of hydrogen-bond acceptors (Lipinski definition) is 1. The van der Waals surface area contributed by atoms with Gasteiger partial charge in [-0.3, -0.25) is 4.79 Å². The number of carboxylic acids is 1. The summed E-state index contributed by atoms with van der Waals surface area (Å²) in [6.07, 6.45) is 2.84. The molecule has 16 heavy (non-hydrogen) atoms. The maximum atomic E-state index is 13.5. The molecule has 0 radical (unpaired) electrons. The molecule has 1 aliphatic rings. The first-order valence-corrected chi connectivity index (χ1v) is 5.52. The molecular weight excluding hydrogens is 207 g/mol. The Morgan fingerprint density at radius 2 is 2.19 bits per heavy atom. The Labute approximate surface area is 94.1 Å². The summed E-state index contributed by atoms with van der Waals surface area (Å²) in [6, 6.07) is 5.09. The summed E-state index contributed by atoms with van der Waals surface area (Å²) in [5.41, 5.74) is 1.12. The number of aryl methyl sites for hydroxylation is 1. The fourth-order valence-electron chi connectivity index (χ4n) is 2.38. The third kappa shape index (κ3) is 1.82. The third-order valence-corrected chi connectivity index (χ3v) is 3.58. The Hall–Kier alpha value is -1.38. The minimum atomic E-state index is -0.805. The predicted molar refractivity (Wildman–Crippen MR) is 58.9 cm³/mol. The minimum absolute atomic E-state index is 0.107.